The maximum absolute atomic E-state index is 12.2. The number of hydrogen-bond acceptors (Lipinski definition) is 3. The highest BCUT2D eigenvalue weighted by atomic mass is 16.4. The molecule has 0 unspecified atom stereocenters. The lowest BCUT2D eigenvalue weighted by atomic mass is 10.2. The molecule has 1 aromatic rings. The number of hydrogen-bond donors (Lipinski definition) is 1. The van der Waals surface area contributed by atoms with Crippen molar-refractivity contribution in [1.29, 1.82) is 0 Å². The normalized spacial score (nSPS) is 10.7. The molecule has 0 saturated heterocycles. The van der Waals surface area contributed by atoms with Gasteiger partial charge in [-0.1, -0.05) is 0 Å². The molecular formula is C12H19N3O3. The molecule has 1 aromatic heterocycles. The summed E-state index contributed by atoms with van der Waals surface area (Å²) in [6.07, 6.45) is 3.75. The number of imidazole rings is 1. The lowest BCUT2D eigenvalue weighted by Crippen LogP contribution is -2.38. The number of nitrogens with zero attached hydrogens (tertiary/aromatic N) is 3. The van der Waals surface area contributed by atoms with Crippen molar-refractivity contribution in [2.75, 3.05) is 6.54 Å². The maximum Gasteiger partial charge on any atom is 0.303 e. The van der Waals surface area contributed by atoms with E-state index in [-0.39, 0.29) is 18.4 Å². The number of carbonyl (C=O) groups excluding carboxylic acids is 1. The zero-order valence-electron chi connectivity index (χ0n) is 11.0. The van der Waals surface area contributed by atoms with E-state index < -0.39 is 5.97 Å². The molecule has 0 aliphatic carbocycles. The van der Waals surface area contributed by atoms with Crippen LogP contribution in [0.5, 0.6) is 0 Å². The molecule has 0 spiro atoms. The Hall–Kier alpha value is -1.85. The SMILES string of the molecule is CC(C)N(CCCC(=O)O)C(=O)c1cn(C)cn1. The number of carboxylic acids is 1. The van der Waals surface area contributed by atoms with Crippen LogP contribution in [0.1, 0.15) is 37.2 Å². The van der Waals surface area contributed by atoms with Gasteiger partial charge in [0.1, 0.15) is 5.69 Å². The Bertz CT molecular complexity index is 426. The molecule has 0 atom stereocenters. The second kappa shape index (κ2) is 6.18. The van der Waals surface area contributed by atoms with Gasteiger partial charge in [0.25, 0.3) is 5.91 Å². The van der Waals surface area contributed by atoms with Crippen molar-refractivity contribution in [3.8, 4) is 0 Å². The Morgan fingerprint density at radius 2 is 2.17 bits per heavy atom. The number of amides is 1. The molecule has 100 valence electrons. The molecule has 1 heterocycles. The van der Waals surface area contributed by atoms with Crippen LogP contribution in [0, 0.1) is 0 Å². The van der Waals surface area contributed by atoms with E-state index in [0.29, 0.717) is 18.7 Å². The standard InChI is InChI=1S/C12H19N3O3/c1-9(2)15(6-4-5-11(16)17)12(18)10-7-14(3)8-13-10/h7-9H,4-6H2,1-3H3,(H,16,17). The van der Waals surface area contributed by atoms with Gasteiger partial charge in [-0.15, -0.1) is 0 Å². The molecular weight excluding hydrogens is 234 g/mol. The predicted octanol–water partition coefficient (Wildman–Crippen LogP) is 1.14. The smallest absolute Gasteiger partial charge is 0.303 e. The van der Waals surface area contributed by atoms with Crippen LogP contribution in [0.25, 0.3) is 0 Å². The fourth-order valence-corrected chi connectivity index (χ4v) is 1.67. The van der Waals surface area contributed by atoms with Gasteiger partial charge in [-0.2, -0.15) is 0 Å². The molecule has 1 rings (SSSR count). The Labute approximate surface area is 106 Å². The van der Waals surface area contributed by atoms with E-state index in [1.54, 1.807) is 29.0 Å². The maximum atomic E-state index is 12.2. The predicted molar refractivity (Wildman–Crippen MR) is 66.3 cm³/mol. The van der Waals surface area contributed by atoms with Crippen molar-refractivity contribution in [1.82, 2.24) is 14.5 Å². The summed E-state index contributed by atoms with van der Waals surface area (Å²) in [5, 5.41) is 8.60. The number of carbonyl (C=O) groups is 2. The Balaban J connectivity index is 2.67. The molecule has 0 fully saturated rings. The number of carboxylic acid groups (broad SMARTS) is 1. The third kappa shape index (κ3) is 3.87. The minimum absolute atomic E-state index is 0.0216. The first-order valence-electron chi connectivity index (χ1n) is 5.92. The van der Waals surface area contributed by atoms with E-state index in [1.807, 2.05) is 13.8 Å². The highest BCUT2D eigenvalue weighted by molar-refractivity contribution is 5.92. The zero-order valence-corrected chi connectivity index (χ0v) is 11.0. The summed E-state index contributed by atoms with van der Waals surface area (Å²) in [6, 6.07) is 0.0216. The lowest BCUT2D eigenvalue weighted by molar-refractivity contribution is -0.137. The highest BCUT2D eigenvalue weighted by Gasteiger charge is 2.20. The van der Waals surface area contributed by atoms with E-state index in [0.717, 1.165) is 0 Å². The van der Waals surface area contributed by atoms with Crippen LogP contribution in [-0.4, -0.2) is 44.0 Å². The molecule has 0 aliphatic heterocycles. The molecule has 0 saturated carbocycles. The van der Waals surface area contributed by atoms with Gasteiger partial charge in [0.15, 0.2) is 0 Å². The first-order chi connectivity index (χ1) is 8.41. The van der Waals surface area contributed by atoms with Crippen LogP contribution in [-0.2, 0) is 11.8 Å². The summed E-state index contributed by atoms with van der Waals surface area (Å²) in [5.74, 6) is -1.00. The number of rotatable bonds is 6. The van der Waals surface area contributed by atoms with E-state index in [1.165, 1.54) is 0 Å². The van der Waals surface area contributed by atoms with Crippen molar-refractivity contribution >= 4 is 11.9 Å². The molecule has 6 heteroatoms. The van der Waals surface area contributed by atoms with Crippen molar-refractivity contribution < 1.29 is 14.7 Å². The van der Waals surface area contributed by atoms with Gasteiger partial charge >= 0.3 is 5.97 Å². The summed E-state index contributed by atoms with van der Waals surface area (Å²) < 4.78 is 1.71. The highest BCUT2D eigenvalue weighted by Crippen LogP contribution is 2.08. The van der Waals surface area contributed by atoms with Crippen LogP contribution >= 0.6 is 0 Å². The summed E-state index contributed by atoms with van der Waals surface area (Å²) in [5.41, 5.74) is 0.390. The second-order valence-corrected chi connectivity index (χ2v) is 4.51. The van der Waals surface area contributed by atoms with Crippen LogP contribution in [0.3, 0.4) is 0 Å². The summed E-state index contributed by atoms with van der Waals surface area (Å²) in [4.78, 5) is 28.3. The van der Waals surface area contributed by atoms with Crippen LogP contribution < -0.4 is 0 Å². The van der Waals surface area contributed by atoms with Crippen LogP contribution in [0.4, 0.5) is 0 Å². The van der Waals surface area contributed by atoms with Gasteiger partial charge in [0.2, 0.25) is 0 Å². The van der Waals surface area contributed by atoms with Gasteiger partial charge in [0.05, 0.1) is 6.33 Å². The first-order valence-corrected chi connectivity index (χ1v) is 5.92. The third-order valence-electron chi connectivity index (χ3n) is 2.60. The quantitative estimate of drug-likeness (QED) is 0.824. The lowest BCUT2D eigenvalue weighted by Gasteiger charge is -2.25. The van der Waals surface area contributed by atoms with Crippen molar-refractivity contribution in [3.63, 3.8) is 0 Å². The topological polar surface area (TPSA) is 75.4 Å². The summed E-state index contributed by atoms with van der Waals surface area (Å²) in [7, 11) is 1.80. The third-order valence-corrected chi connectivity index (χ3v) is 2.60. The Kier molecular flexibility index (Phi) is 4.88. The fraction of sp³-hybridized carbons (Fsp3) is 0.583. The Morgan fingerprint density at radius 3 is 2.61 bits per heavy atom. The van der Waals surface area contributed by atoms with E-state index >= 15 is 0 Å². The number of aromatic nitrogens is 2. The zero-order chi connectivity index (χ0) is 13.7. The monoisotopic (exact) mass is 253 g/mol. The van der Waals surface area contributed by atoms with E-state index in [9.17, 15) is 9.59 Å². The summed E-state index contributed by atoms with van der Waals surface area (Å²) in [6.45, 7) is 4.24. The Morgan fingerprint density at radius 1 is 1.50 bits per heavy atom. The molecule has 6 nitrogen and oxygen atoms in total. The minimum Gasteiger partial charge on any atom is -0.481 e. The van der Waals surface area contributed by atoms with E-state index in [2.05, 4.69) is 4.98 Å². The molecule has 1 amide bonds. The van der Waals surface area contributed by atoms with Gasteiger partial charge in [-0.25, -0.2) is 4.98 Å². The second-order valence-electron chi connectivity index (χ2n) is 4.51. The number of aliphatic carboxylic acids is 1. The summed E-state index contributed by atoms with van der Waals surface area (Å²) >= 11 is 0. The average molecular weight is 253 g/mol. The minimum atomic E-state index is -0.844. The van der Waals surface area contributed by atoms with Gasteiger partial charge in [-0.05, 0) is 20.3 Å². The molecule has 0 radical (unpaired) electrons. The largest absolute Gasteiger partial charge is 0.481 e. The average Bonchev–Trinajstić information content (AvgIpc) is 2.69. The van der Waals surface area contributed by atoms with Crippen molar-refractivity contribution in [2.24, 2.45) is 7.05 Å². The van der Waals surface area contributed by atoms with Crippen molar-refractivity contribution in [3.05, 3.63) is 18.2 Å². The van der Waals surface area contributed by atoms with Crippen LogP contribution in [0.2, 0.25) is 0 Å². The first kappa shape index (κ1) is 14.2. The van der Waals surface area contributed by atoms with Crippen molar-refractivity contribution in [2.45, 2.75) is 32.7 Å². The van der Waals surface area contributed by atoms with E-state index in [4.69, 9.17) is 5.11 Å². The molecule has 0 bridgehead atoms. The van der Waals surface area contributed by atoms with Gasteiger partial charge < -0.3 is 14.6 Å². The van der Waals surface area contributed by atoms with Gasteiger partial charge in [-0.3, -0.25) is 9.59 Å². The van der Waals surface area contributed by atoms with Gasteiger partial charge in [0, 0.05) is 32.3 Å². The molecule has 0 aliphatic rings. The van der Waals surface area contributed by atoms with Crippen LogP contribution in [0.15, 0.2) is 12.5 Å². The molecule has 18 heavy (non-hydrogen) atoms. The molecule has 1 N–H and O–H groups in total. The number of aryl methyl sites for hydroxylation is 1. The fourth-order valence-electron chi connectivity index (χ4n) is 1.67. The molecule has 0 aromatic carbocycles.